The third-order valence-corrected chi connectivity index (χ3v) is 6.43. The number of piperidine rings is 1. The van der Waals surface area contributed by atoms with E-state index in [0.717, 1.165) is 17.1 Å². The third-order valence-electron chi connectivity index (χ3n) is 6.19. The molecule has 32 heavy (non-hydrogen) atoms. The SMILES string of the molecule is COc1cc(C(=O)N2CCC3(CC2)Oc2cc(Cl)ccc2-n2cccc23)ccc1OCO. The number of methoxy groups -OCH3 is 1. The number of amides is 1. The molecule has 1 spiro atoms. The van der Waals surface area contributed by atoms with Gasteiger partial charge in [-0.2, -0.15) is 0 Å². The monoisotopic (exact) mass is 454 g/mol. The zero-order valence-electron chi connectivity index (χ0n) is 17.6. The van der Waals surface area contributed by atoms with Crippen LogP contribution in [0.2, 0.25) is 5.02 Å². The second kappa shape index (κ2) is 8.07. The molecule has 1 aromatic heterocycles. The molecule has 2 aliphatic rings. The van der Waals surface area contributed by atoms with E-state index >= 15 is 0 Å². The summed E-state index contributed by atoms with van der Waals surface area (Å²) in [6.45, 7) is 0.641. The number of likely N-dealkylation sites (tertiary alicyclic amines) is 1. The van der Waals surface area contributed by atoms with E-state index in [0.29, 0.717) is 48.0 Å². The first kappa shape index (κ1) is 20.7. The molecule has 2 aromatic carbocycles. The van der Waals surface area contributed by atoms with Crippen LogP contribution >= 0.6 is 11.6 Å². The molecular formula is C24H23ClN2O5. The summed E-state index contributed by atoms with van der Waals surface area (Å²) >= 11 is 6.22. The number of aromatic nitrogens is 1. The van der Waals surface area contributed by atoms with Crippen molar-refractivity contribution in [2.45, 2.75) is 18.4 Å². The average molecular weight is 455 g/mol. The van der Waals surface area contributed by atoms with Crippen LogP contribution in [0.3, 0.4) is 0 Å². The van der Waals surface area contributed by atoms with Gasteiger partial charge >= 0.3 is 0 Å². The molecule has 1 N–H and O–H groups in total. The van der Waals surface area contributed by atoms with Gasteiger partial charge in [0.15, 0.2) is 23.9 Å². The fraction of sp³-hybridized carbons (Fsp3) is 0.292. The summed E-state index contributed by atoms with van der Waals surface area (Å²) in [7, 11) is 1.50. The van der Waals surface area contributed by atoms with Gasteiger partial charge in [0.2, 0.25) is 0 Å². The number of carbonyl (C=O) groups is 1. The zero-order valence-corrected chi connectivity index (χ0v) is 18.3. The van der Waals surface area contributed by atoms with Crippen LogP contribution in [0.5, 0.6) is 17.2 Å². The lowest BCUT2D eigenvalue weighted by Gasteiger charge is -2.45. The molecule has 5 rings (SSSR count). The van der Waals surface area contributed by atoms with Gasteiger partial charge in [0.25, 0.3) is 5.91 Å². The van der Waals surface area contributed by atoms with Gasteiger partial charge in [0, 0.05) is 48.8 Å². The predicted octanol–water partition coefficient (Wildman–Crippen LogP) is 3.99. The van der Waals surface area contributed by atoms with E-state index in [4.69, 9.17) is 30.9 Å². The van der Waals surface area contributed by atoms with Gasteiger partial charge in [0.05, 0.1) is 18.5 Å². The van der Waals surface area contributed by atoms with Crippen LogP contribution in [0.1, 0.15) is 28.9 Å². The van der Waals surface area contributed by atoms with E-state index in [9.17, 15) is 4.79 Å². The maximum atomic E-state index is 13.2. The molecule has 0 saturated carbocycles. The smallest absolute Gasteiger partial charge is 0.253 e. The van der Waals surface area contributed by atoms with Crippen LogP contribution < -0.4 is 14.2 Å². The molecule has 1 fully saturated rings. The average Bonchev–Trinajstić information content (AvgIpc) is 3.31. The summed E-state index contributed by atoms with van der Waals surface area (Å²) < 4.78 is 19.1. The summed E-state index contributed by atoms with van der Waals surface area (Å²) in [4.78, 5) is 15.0. The van der Waals surface area contributed by atoms with Crippen molar-refractivity contribution in [2.75, 3.05) is 27.0 Å². The van der Waals surface area contributed by atoms with Gasteiger partial charge in [-0.1, -0.05) is 11.6 Å². The highest BCUT2D eigenvalue weighted by Gasteiger charge is 2.44. The van der Waals surface area contributed by atoms with Crippen molar-refractivity contribution < 1.29 is 24.1 Å². The van der Waals surface area contributed by atoms with Gasteiger partial charge in [-0.05, 0) is 42.5 Å². The number of aliphatic hydroxyl groups excluding tert-OH is 1. The maximum Gasteiger partial charge on any atom is 0.253 e. The number of halogens is 1. The molecular weight excluding hydrogens is 432 g/mol. The minimum absolute atomic E-state index is 0.0802. The Morgan fingerprint density at radius 1 is 1.16 bits per heavy atom. The van der Waals surface area contributed by atoms with Crippen LogP contribution in [0.25, 0.3) is 5.69 Å². The topological polar surface area (TPSA) is 73.2 Å². The Bertz CT molecular complexity index is 1170. The Hall–Kier alpha value is -3.16. The minimum atomic E-state index is -0.505. The van der Waals surface area contributed by atoms with Gasteiger partial charge in [0.1, 0.15) is 5.75 Å². The number of benzene rings is 2. The first-order valence-electron chi connectivity index (χ1n) is 10.4. The highest BCUT2D eigenvalue weighted by atomic mass is 35.5. The molecule has 0 bridgehead atoms. The van der Waals surface area contributed by atoms with Crippen LogP contribution in [-0.4, -0.2) is 47.5 Å². The summed E-state index contributed by atoms with van der Waals surface area (Å²) in [5.74, 6) is 1.46. The summed E-state index contributed by atoms with van der Waals surface area (Å²) in [6, 6.07) is 14.7. The molecule has 8 heteroatoms. The molecule has 0 radical (unpaired) electrons. The number of fused-ring (bicyclic) bond motifs is 4. The van der Waals surface area contributed by atoms with Crippen molar-refractivity contribution in [3.8, 4) is 22.9 Å². The van der Waals surface area contributed by atoms with Crippen LogP contribution in [0.4, 0.5) is 0 Å². The van der Waals surface area contributed by atoms with Gasteiger partial charge in [-0.3, -0.25) is 4.79 Å². The van der Waals surface area contributed by atoms with Crippen molar-refractivity contribution in [3.63, 3.8) is 0 Å². The van der Waals surface area contributed by atoms with Crippen LogP contribution in [-0.2, 0) is 5.60 Å². The first-order valence-corrected chi connectivity index (χ1v) is 10.8. The molecule has 0 aliphatic carbocycles. The van der Waals surface area contributed by atoms with E-state index in [2.05, 4.69) is 10.6 Å². The number of rotatable bonds is 4. The summed E-state index contributed by atoms with van der Waals surface area (Å²) in [5.41, 5.74) is 2.06. The number of carbonyl (C=O) groups excluding carboxylic acids is 1. The Kier molecular flexibility index (Phi) is 5.23. The molecule has 2 aliphatic heterocycles. The normalized spacial score (nSPS) is 16.2. The molecule has 3 heterocycles. The maximum absolute atomic E-state index is 13.2. The molecule has 166 valence electrons. The van der Waals surface area contributed by atoms with E-state index < -0.39 is 12.4 Å². The molecule has 0 atom stereocenters. The van der Waals surface area contributed by atoms with E-state index in [-0.39, 0.29) is 5.91 Å². The lowest BCUT2D eigenvalue weighted by Crippen LogP contribution is -2.50. The fourth-order valence-electron chi connectivity index (χ4n) is 4.60. The Morgan fingerprint density at radius 3 is 2.72 bits per heavy atom. The lowest BCUT2D eigenvalue weighted by molar-refractivity contribution is -0.00930. The van der Waals surface area contributed by atoms with E-state index in [1.807, 2.05) is 35.4 Å². The number of nitrogens with zero attached hydrogens (tertiary/aromatic N) is 2. The summed E-state index contributed by atoms with van der Waals surface area (Å²) in [5, 5.41) is 9.63. The fourth-order valence-corrected chi connectivity index (χ4v) is 4.76. The standard InChI is InChI=1S/C24H23ClN2O5/c1-30-21-13-16(4-7-19(21)31-15-28)23(29)26-11-8-24(9-12-26)22-3-2-10-27(22)18-6-5-17(25)14-20(18)32-24/h2-7,10,13-14,28H,8-9,11-12,15H2,1H3. The van der Waals surface area contributed by atoms with Gasteiger partial charge < -0.3 is 28.8 Å². The van der Waals surface area contributed by atoms with E-state index in [1.165, 1.54) is 7.11 Å². The van der Waals surface area contributed by atoms with Crippen molar-refractivity contribution >= 4 is 17.5 Å². The van der Waals surface area contributed by atoms with Gasteiger partial charge in [-0.25, -0.2) is 0 Å². The largest absolute Gasteiger partial charge is 0.493 e. The highest BCUT2D eigenvalue weighted by molar-refractivity contribution is 6.30. The number of ether oxygens (including phenoxy) is 3. The van der Waals surface area contributed by atoms with Gasteiger partial charge in [-0.15, -0.1) is 0 Å². The molecule has 1 saturated heterocycles. The molecule has 1 amide bonds. The second-order valence-corrected chi connectivity index (χ2v) is 8.34. The van der Waals surface area contributed by atoms with Crippen molar-refractivity contribution in [1.82, 2.24) is 9.47 Å². The molecule has 7 nitrogen and oxygen atoms in total. The third kappa shape index (κ3) is 3.38. The van der Waals surface area contributed by atoms with Crippen LogP contribution in [0, 0.1) is 0 Å². The predicted molar refractivity (Wildman–Crippen MR) is 119 cm³/mol. The molecule has 0 unspecified atom stereocenters. The number of hydrogen-bond acceptors (Lipinski definition) is 5. The van der Waals surface area contributed by atoms with E-state index in [1.54, 1.807) is 18.2 Å². The Labute approximate surface area is 190 Å². The zero-order chi connectivity index (χ0) is 22.3. The minimum Gasteiger partial charge on any atom is -0.493 e. The van der Waals surface area contributed by atoms with Crippen molar-refractivity contribution in [3.05, 3.63) is 71.0 Å². The Balaban J connectivity index is 1.37. The lowest BCUT2D eigenvalue weighted by atomic mass is 9.86. The number of hydrogen-bond donors (Lipinski definition) is 1. The van der Waals surface area contributed by atoms with Crippen molar-refractivity contribution in [2.24, 2.45) is 0 Å². The first-order chi connectivity index (χ1) is 15.5. The Morgan fingerprint density at radius 2 is 1.97 bits per heavy atom. The highest BCUT2D eigenvalue weighted by Crippen LogP contribution is 2.46. The van der Waals surface area contributed by atoms with Crippen LogP contribution in [0.15, 0.2) is 54.7 Å². The quantitative estimate of drug-likeness (QED) is 0.603. The second-order valence-electron chi connectivity index (χ2n) is 7.90. The van der Waals surface area contributed by atoms with Crippen molar-refractivity contribution in [1.29, 1.82) is 0 Å². The number of aliphatic hydroxyl groups is 1. The molecule has 3 aromatic rings. The summed E-state index contributed by atoms with van der Waals surface area (Å²) in [6.07, 6.45) is 3.36.